The second-order valence-corrected chi connectivity index (χ2v) is 4.13. The predicted octanol–water partition coefficient (Wildman–Crippen LogP) is 6.05. The second kappa shape index (κ2) is 7.36. The number of rotatable bonds is 1. The van der Waals surface area contributed by atoms with E-state index < -0.39 is 0 Å². The molecule has 0 saturated heterocycles. The van der Waals surface area contributed by atoms with Crippen molar-refractivity contribution in [3.8, 4) is 11.1 Å². The minimum Gasteiger partial charge on any atom is -0.0620 e. The summed E-state index contributed by atoms with van der Waals surface area (Å²) in [6.07, 6.45) is 0. The lowest BCUT2D eigenvalue weighted by Gasteiger charge is -2.09. The lowest BCUT2D eigenvalue weighted by atomic mass is 9.95. The summed E-state index contributed by atoms with van der Waals surface area (Å²) >= 11 is 4.24. The lowest BCUT2D eigenvalue weighted by Crippen LogP contribution is -1.87. The molecule has 0 bridgehead atoms. The summed E-state index contributed by atoms with van der Waals surface area (Å²) in [7, 11) is 0. The number of aryl methyl sites for hydroxylation is 3. The summed E-state index contributed by atoms with van der Waals surface area (Å²) in [4.78, 5) is 0. The van der Waals surface area contributed by atoms with Gasteiger partial charge in [-0.2, -0.15) is 0 Å². The van der Waals surface area contributed by atoms with Crippen LogP contribution in [0.2, 0.25) is 0 Å². The van der Waals surface area contributed by atoms with Gasteiger partial charge in [-0.15, -0.1) is 0 Å². The number of benzene rings is 2. The van der Waals surface area contributed by atoms with Gasteiger partial charge in [0.2, 0.25) is 0 Å². The van der Waals surface area contributed by atoms with Crippen LogP contribution in [0.25, 0.3) is 11.1 Å². The summed E-state index contributed by atoms with van der Waals surface area (Å²) in [5, 5.41) is 0. The van der Waals surface area contributed by atoms with Gasteiger partial charge < -0.3 is 0 Å². The van der Waals surface area contributed by atoms with Gasteiger partial charge in [0.15, 0.2) is 0 Å². The normalized spacial score (nSPS) is 9.47. The van der Waals surface area contributed by atoms with Gasteiger partial charge in [0.25, 0.3) is 0 Å². The van der Waals surface area contributed by atoms with E-state index in [1.807, 2.05) is 0 Å². The first-order chi connectivity index (χ1) is 8.18. The molecule has 0 amide bonds. The van der Waals surface area contributed by atoms with Crippen LogP contribution in [0.15, 0.2) is 42.5 Å². The first-order valence-corrected chi connectivity index (χ1v) is 11.7. The van der Waals surface area contributed by atoms with Gasteiger partial charge in [0.05, 0.1) is 0 Å². The summed E-state index contributed by atoms with van der Waals surface area (Å²) in [6, 6.07) is 15.2. The first kappa shape index (κ1) is 15.0. The Morgan fingerprint density at radius 1 is 0.706 bits per heavy atom. The van der Waals surface area contributed by atoms with Gasteiger partial charge in [0, 0.05) is 37.2 Å². The maximum absolute atomic E-state index is 2.26. The third-order valence-electron chi connectivity index (χ3n) is 2.83. The van der Waals surface area contributed by atoms with Crippen molar-refractivity contribution in [1.82, 2.24) is 0 Å². The molecule has 2 heteroatoms. The fourth-order valence-corrected chi connectivity index (χ4v) is 1.90. The van der Waals surface area contributed by atoms with Crippen LogP contribution in [-0.4, -0.2) is 0 Å². The summed E-state index contributed by atoms with van der Waals surface area (Å²) < 4.78 is 0. The predicted molar refractivity (Wildman–Crippen MR) is 94.1 cm³/mol. The van der Waals surface area contributed by atoms with E-state index in [2.05, 4.69) is 100 Å². The highest BCUT2D eigenvalue weighted by atomic mass is 128. The van der Waals surface area contributed by atoms with Crippen LogP contribution >= 0.6 is 37.2 Å². The highest BCUT2D eigenvalue weighted by Crippen LogP contribution is 2.27. The summed E-state index contributed by atoms with van der Waals surface area (Å²) in [6.45, 7) is 6.47. The zero-order valence-electron chi connectivity index (χ0n) is 10.3. The molecule has 17 heavy (non-hydrogen) atoms. The maximum Gasteiger partial charge on any atom is 0 e. The van der Waals surface area contributed by atoms with Gasteiger partial charge in [-0.05, 0) is 43.0 Å². The van der Waals surface area contributed by atoms with E-state index in [4.69, 9.17) is 0 Å². The third kappa shape index (κ3) is 3.95. The van der Waals surface area contributed by atoms with Gasteiger partial charge in [0.1, 0.15) is 0 Å². The molecule has 0 unspecified atom stereocenters. The average Bonchev–Trinajstić information content (AvgIpc) is 2.36. The molecule has 0 aromatic heterocycles. The smallest absolute Gasteiger partial charge is 0 e. The van der Waals surface area contributed by atoms with Crippen molar-refractivity contribution in [1.29, 1.82) is 0 Å². The van der Waals surface area contributed by atoms with Crippen LogP contribution in [0.3, 0.4) is 0 Å². The molecule has 0 saturated carbocycles. The van der Waals surface area contributed by atoms with Gasteiger partial charge in [-0.3, -0.25) is 0 Å². The minimum atomic E-state index is 1.32. The quantitative estimate of drug-likeness (QED) is 0.465. The Labute approximate surface area is 127 Å². The molecule has 0 fully saturated rings. The molecule has 2 aromatic rings. The van der Waals surface area contributed by atoms with E-state index in [0.717, 1.165) is 0 Å². The molecule has 0 N–H and O–H groups in total. The van der Waals surface area contributed by atoms with E-state index in [-0.39, 0.29) is 0 Å². The fraction of sp³-hybridized carbons (Fsp3) is 0.200. The largest absolute Gasteiger partial charge is 0.0620 e. The zero-order valence-corrected chi connectivity index (χ0v) is 14.6. The Morgan fingerprint density at radius 3 is 1.94 bits per heavy atom. The first-order valence-electron chi connectivity index (χ1n) is 5.46. The number of hydrogen-bond acceptors (Lipinski definition) is 0. The van der Waals surface area contributed by atoms with Crippen molar-refractivity contribution < 1.29 is 0 Å². The molecule has 0 aliphatic rings. The molecule has 0 aliphatic carbocycles. The third-order valence-corrected chi connectivity index (χ3v) is 2.83. The number of halogens is 2. The van der Waals surface area contributed by atoms with Crippen molar-refractivity contribution in [2.24, 2.45) is 0 Å². The molecule has 0 spiro atoms. The van der Waals surface area contributed by atoms with E-state index >= 15 is 0 Å². The van der Waals surface area contributed by atoms with Crippen LogP contribution in [0, 0.1) is 20.8 Å². The van der Waals surface area contributed by atoms with E-state index in [9.17, 15) is 0 Å². The Morgan fingerprint density at radius 2 is 1.29 bits per heavy atom. The van der Waals surface area contributed by atoms with Crippen molar-refractivity contribution >= 4 is 37.2 Å². The molecule has 0 aliphatic heterocycles. The molecule has 0 atom stereocenters. The van der Waals surface area contributed by atoms with Crippen LogP contribution in [0.1, 0.15) is 16.7 Å². The standard InChI is InChI=1S/C15H16.I2/c1-11-8-9-13(3)15(10-11)14-7-5-4-6-12(14)2;1-2/h4-10H,1-3H3;. The van der Waals surface area contributed by atoms with Crippen LogP contribution in [0.5, 0.6) is 0 Å². The molecular weight excluding hydrogens is 434 g/mol. The van der Waals surface area contributed by atoms with E-state index in [1.54, 1.807) is 0 Å². The SMILES string of the molecule is Cc1ccc(C)c(-c2ccccc2C)c1.II. The van der Waals surface area contributed by atoms with E-state index in [0.29, 0.717) is 0 Å². The molecule has 0 radical (unpaired) electrons. The van der Waals surface area contributed by atoms with Crippen LogP contribution in [-0.2, 0) is 0 Å². The van der Waals surface area contributed by atoms with Gasteiger partial charge in [-0.1, -0.05) is 48.0 Å². The summed E-state index contributed by atoms with van der Waals surface area (Å²) in [5.41, 5.74) is 6.70. The monoisotopic (exact) mass is 450 g/mol. The number of hydrogen-bond donors (Lipinski definition) is 0. The minimum absolute atomic E-state index is 1.32. The lowest BCUT2D eigenvalue weighted by molar-refractivity contribution is 1.37. The Bertz CT molecular complexity index is 490. The Balaban J connectivity index is 0.000000686. The van der Waals surface area contributed by atoms with Crippen molar-refractivity contribution in [2.45, 2.75) is 20.8 Å². The highest BCUT2D eigenvalue weighted by Gasteiger charge is 2.03. The maximum atomic E-state index is 2.26. The molecule has 2 rings (SSSR count). The van der Waals surface area contributed by atoms with Crippen molar-refractivity contribution in [2.75, 3.05) is 0 Å². The van der Waals surface area contributed by atoms with Crippen molar-refractivity contribution in [3.63, 3.8) is 0 Å². The Hall–Kier alpha value is -0.1000. The van der Waals surface area contributed by atoms with Gasteiger partial charge in [-0.25, -0.2) is 0 Å². The van der Waals surface area contributed by atoms with Crippen LogP contribution < -0.4 is 0 Å². The Kier molecular flexibility index (Phi) is 6.48. The molecule has 0 heterocycles. The molecule has 90 valence electrons. The van der Waals surface area contributed by atoms with Crippen LogP contribution in [0.4, 0.5) is 0 Å². The van der Waals surface area contributed by atoms with Crippen molar-refractivity contribution in [3.05, 3.63) is 59.2 Å². The second-order valence-electron chi connectivity index (χ2n) is 4.13. The molecule has 2 aromatic carbocycles. The fourth-order valence-electron chi connectivity index (χ4n) is 1.90. The topological polar surface area (TPSA) is 0 Å². The zero-order chi connectivity index (χ0) is 12.8. The molecular formula is C15H16I2. The molecule has 0 nitrogen and oxygen atoms in total. The van der Waals surface area contributed by atoms with E-state index in [1.165, 1.54) is 27.8 Å². The summed E-state index contributed by atoms with van der Waals surface area (Å²) in [5.74, 6) is 0. The van der Waals surface area contributed by atoms with Gasteiger partial charge >= 0.3 is 0 Å². The highest BCUT2D eigenvalue weighted by molar-refractivity contribution is 15.0. The average molecular weight is 450 g/mol.